The maximum atomic E-state index is 13.8. The lowest BCUT2D eigenvalue weighted by atomic mass is 9.81. The molecule has 0 aliphatic heterocycles. The number of amides is 5. The van der Waals surface area contributed by atoms with Gasteiger partial charge in [-0.1, -0.05) is 235 Å². The average Bonchev–Trinajstić information content (AvgIpc) is 1.62. The Morgan fingerprint density at radius 1 is 0.411 bits per heavy atom. The molecule has 0 radical (unpaired) electrons. The van der Waals surface area contributed by atoms with E-state index in [-0.39, 0.29) is 84.1 Å². The molecule has 27 nitrogen and oxygen atoms in total. The van der Waals surface area contributed by atoms with Crippen LogP contribution in [0, 0.1) is 5.41 Å². The summed E-state index contributed by atoms with van der Waals surface area (Å²) in [5, 5.41) is 24.7. The predicted molar refractivity (Wildman–Crippen MR) is 490 cm³/mol. The van der Waals surface area contributed by atoms with E-state index >= 15 is 0 Å². The normalized spacial score (nSPS) is 13.1. The summed E-state index contributed by atoms with van der Waals surface area (Å²) in [5.41, 5.74) is 0.705. The van der Waals surface area contributed by atoms with Crippen LogP contribution in [0.1, 0.15) is 274 Å². The highest BCUT2D eigenvalue weighted by molar-refractivity contribution is 6.40. The Bertz CT molecular complexity index is 2860. The molecule has 0 heterocycles. The molecule has 29 heteroatoms. The van der Waals surface area contributed by atoms with E-state index in [1.165, 1.54) is 167 Å². The molecule has 1 fully saturated rings. The van der Waals surface area contributed by atoms with Gasteiger partial charge in [0.15, 0.2) is 0 Å². The second-order valence-electron chi connectivity index (χ2n) is 32.5. The topological polar surface area (TPSA) is 315 Å². The fourth-order valence-electron chi connectivity index (χ4n) is 14.5. The molecule has 0 aromatic heterocycles. The monoisotopic (exact) mass is 1800 g/mol. The van der Waals surface area contributed by atoms with Crippen molar-refractivity contribution in [3.8, 4) is 0 Å². The van der Waals surface area contributed by atoms with Crippen molar-refractivity contribution < 1.29 is 100 Å². The fraction of sp³-hybridized carbons (Fsp3) is 0.811. The number of aliphatic carboxylic acids is 1. The first-order chi connectivity index (χ1) is 60.7. The Balaban J connectivity index is 1.02. The zero-order chi connectivity index (χ0) is 89.2. The molecule has 5 amide bonds. The lowest BCUT2D eigenvalue weighted by Gasteiger charge is -2.30. The van der Waals surface area contributed by atoms with Crippen molar-refractivity contribution >= 4 is 64.4 Å². The van der Waals surface area contributed by atoms with E-state index in [4.69, 9.17) is 89.5 Å². The van der Waals surface area contributed by atoms with Gasteiger partial charge in [0.25, 0.3) is 5.91 Å². The largest absolute Gasteiger partial charge is 0.481 e. The number of unbranched alkanes of at least 4 members (excludes halogenated alkanes) is 26. The van der Waals surface area contributed by atoms with Gasteiger partial charge in [-0.15, -0.1) is 0 Å². The molecule has 716 valence electrons. The second kappa shape index (κ2) is 82.6. The number of rotatable bonds is 92. The molecule has 2 aromatic rings. The number of nitrogens with one attached hydrogen (secondary N) is 5. The van der Waals surface area contributed by atoms with Crippen molar-refractivity contribution in [1.29, 1.82) is 0 Å². The third kappa shape index (κ3) is 66.6. The smallest absolute Gasteiger partial charge is 0.305 e. The van der Waals surface area contributed by atoms with Gasteiger partial charge in [-0.05, 0) is 88.4 Å². The van der Waals surface area contributed by atoms with Crippen molar-refractivity contribution in [3.05, 3.63) is 63.6 Å². The zero-order valence-electron chi connectivity index (χ0n) is 76.7. The molecule has 2 atom stereocenters. The summed E-state index contributed by atoms with van der Waals surface area (Å²) in [5.74, 6) is -2.22. The van der Waals surface area contributed by atoms with Gasteiger partial charge < -0.3 is 103 Å². The number of halogens is 2. The van der Waals surface area contributed by atoms with E-state index in [9.17, 15) is 33.9 Å². The van der Waals surface area contributed by atoms with Gasteiger partial charge in [0.1, 0.15) is 0 Å². The maximum absolute atomic E-state index is 13.8. The van der Waals surface area contributed by atoms with Crippen molar-refractivity contribution in [1.82, 2.24) is 26.2 Å². The number of anilines is 1. The van der Waals surface area contributed by atoms with Crippen LogP contribution in [0.25, 0.3) is 0 Å². The number of carbonyl (C=O) groups is 6. The van der Waals surface area contributed by atoms with Gasteiger partial charge in [0.05, 0.1) is 199 Å². The highest BCUT2D eigenvalue weighted by atomic mass is 35.5. The number of carboxylic acid groups (broad SMARTS) is 1. The first-order valence-electron chi connectivity index (χ1n) is 47.7. The summed E-state index contributed by atoms with van der Waals surface area (Å²) in [6, 6.07) is 11.0. The fourth-order valence-corrected chi connectivity index (χ4v) is 15.1. The van der Waals surface area contributed by atoms with Crippen LogP contribution < -0.4 is 26.6 Å². The first-order valence-corrected chi connectivity index (χ1v) is 48.5. The molecule has 6 N–H and O–H groups in total. The highest BCUT2D eigenvalue weighted by Gasteiger charge is 2.41. The number of likely N-dealkylation sites (N-methyl/N-ethyl adjacent to an activating group) is 1. The molecule has 3 rings (SSSR count). The Morgan fingerprint density at radius 3 is 1.19 bits per heavy atom. The van der Waals surface area contributed by atoms with Gasteiger partial charge in [0.2, 0.25) is 23.6 Å². The lowest BCUT2D eigenvalue weighted by molar-refractivity contribution is -0.138. The summed E-state index contributed by atoms with van der Waals surface area (Å²) >= 11 is 12.4. The van der Waals surface area contributed by atoms with Crippen molar-refractivity contribution in [2.24, 2.45) is 5.41 Å². The van der Waals surface area contributed by atoms with Gasteiger partial charge in [-0.2, -0.15) is 0 Å². The lowest BCUT2D eigenvalue weighted by Crippen LogP contribution is -2.47. The number of hydrogen-bond donors (Lipinski definition) is 6. The van der Waals surface area contributed by atoms with Gasteiger partial charge >= 0.3 is 5.97 Å². The zero-order valence-corrected chi connectivity index (χ0v) is 78.2. The molecule has 2 aromatic carbocycles. The maximum Gasteiger partial charge on any atom is 0.305 e. The van der Waals surface area contributed by atoms with E-state index in [2.05, 4.69) is 52.4 Å². The molecule has 1 aliphatic rings. The second-order valence-corrected chi connectivity index (χ2v) is 33.3. The Kier molecular flexibility index (Phi) is 75.6. The SMILES string of the molecule is CCCCCCCCCCCCCCCCOCC(CN(C)CCCNC(=O)CCC(=O)NCCOCCOCCOCCOCCOCCOCCOCCOCCOCCOCCOCCOCCC(=O)NCCC1(C(=O)N[C@H](CC(=O)O)Cc2ccc(NC(=O)c3c(Cl)cccc3Cl)cc2)CCCC1)OCCCCCCCCCCCCCCCC. The number of hydrogen-bond acceptors (Lipinski definition) is 21. The molecule has 0 bridgehead atoms. The summed E-state index contributed by atoms with van der Waals surface area (Å²) < 4.78 is 79.6. The first kappa shape index (κ1) is 113. The van der Waals surface area contributed by atoms with Gasteiger partial charge in [0, 0.05) is 70.4 Å². The summed E-state index contributed by atoms with van der Waals surface area (Å²) in [6.07, 6.45) is 42.3. The highest BCUT2D eigenvalue weighted by Crippen LogP contribution is 2.41. The molecule has 1 aliphatic carbocycles. The molecule has 124 heavy (non-hydrogen) atoms. The Morgan fingerprint density at radius 2 is 0.774 bits per heavy atom. The Labute approximate surface area is 755 Å². The van der Waals surface area contributed by atoms with Crippen LogP contribution in [0.4, 0.5) is 5.69 Å². The Hall–Kier alpha value is -4.76. The van der Waals surface area contributed by atoms with E-state index in [1.807, 2.05) is 0 Å². The van der Waals surface area contributed by atoms with Crippen LogP contribution in [0.15, 0.2) is 42.5 Å². The summed E-state index contributed by atoms with van der Waals surface area (Å²) in [4.78, 5) is 78.5. The van der Waals surface area contributed by atoms with Crippen molar-refractivity contribution in [2.75, 3.05) is 223 Å². The summed E-state index contributed by atoms with van der Waals surface area (Å²) in [7, 11) is 2.12. The van der Waals surface area contributed by atoms with Crippen LogP contribution in [0.3, 0.4) is 0 Å². The summed E-state index contributed by atoms with van der Waals surface area (Å²) in [6.45, 7) is 19.4. The van der Waals surface area contributed by atoms with E-state index < -0.39 is 23.3 Å². The number of nitrogens with zero attached hydrogens (tertiary/aromatic N) is 1. The number of ether oxygens (including phenoxy) is 14. The standard InChI is InChI=1S/C95H166Cl2N6O21/c1-4-6-8-10-12-14-16-18-20-22-24-26-28-32-52-123-81-85(124-53-33-29-27-25-23-21-19-17-15-13-11-9-7-5-2)80-103(3)51-35-48-98-88(104)42-43-89(105)100-50-55-112-57-59-114-61-63-116-65-67-118-69-71-120-73-75-122-77-76-121-74-72-119-70-68-117-66-64-115-62-60-113-58-56-111-54-44-90(106)99-49-47-95(45-30-31-46-95)94(110)102-84(79-91(107)108)78-82-38-40-83(41-39-82)101-93(109)92-86(96)36-34-37-87(92)97/h34,36-41,84-85H,4-33,35,42-81H2,1-3H3,(H,98,104)(H,99,106)(H,100,105)(H,101,109)(H,102,110)(H,107,108)/t84-,85?/m0/s1. The molecule has 1 saturated carbocycles. The quantitative estimate of drug-likeness (QED) is 0.0335. The minimum Gasteiger partial charge on any atom is -0.481 e. The van der Waals surface area contributed by atoms with Crippen LogP contribution >= 0.6 is 23.2 Å². The van der Waals surface area contributed by atoms with E-state index in [0.29, 0.717) is 203 Å². The van der Waals surface area contributed by atoms with Crippen LogP contribution in [0.5, 0.6) is 0 Å². The third-order valence-electron chi connectivity index (χ3n) is 21.7. The van der Waals surface area contributed by atoms with Gasteiger partial charge in [-0.25, -0.2) is 0 Å². The van der Waals surface area contributed by atoms with Crippen molar-refractivity contribution in [3.63, 3.8) is 0 Å². The van der Waals surface area contributed by atoms with E-state index in [0.717, 1.165) is 64.0 Å². The molecule has 0 saturated heterocycles. The molecular weight excluding hydrogens is 1630 g/mol. The minimum atomic E-state index is -1.04. The van der Waals surface area contributed by atoms with Crippen LogP contribution in [0.2, 0.25) is 10.0 Å². The minimum absolute atomic E-state index is 0.0205. The average molecular weight is 1800 g/mol. The number of carbonyl (C=O) groups excluding carboxylic acids is 5. The third-order valence-corrected chi connectivity index (χ3v) is 22.3. The number of benzene rings is 2. The van der Waals surface area contributed by atoms with Gasteiger partial charge in [-0.3, -0.25) is 28.8 Å². The van der Waals surface area contributed by atoms with Crippen LogP contribution in [-0.2, 0) is 96.7 Å². The van der Waals surface area contributed by atoms with Crippen molar-refractivity contribution in [2.45, 2.75) is 276 Å². The molecule has 1 unspecified atom stereocenters. The molecule has 0 spiro atoms. The number of carboxylic acids is 1. The molecular formula is C95H166Cl2N6O21. The van der Waals surface area contributed by atoms with Crippen LogP contribution in [-0.4, -0.2) is 276 Å². The predicted octanol–water partition coefficient (Wildman–Crippen LogP) is 16.1. The van der Waals surface area contributed by atoms with E-state index in [1.54, 1.807) is 42.5 Å².